The lowest BCUT2D eigenvalue weighted by Gasteiger charge is -1.95. The molecule has 0 heterocycles. The lowest BCUT2D eigenvalue weighted by molar-refractivity contribution is -0.138. The lowest BCUT2D eigenvalue weighted by Crippen LogP contribution is -1.95. The number of esters is 1. The van der Waals surface area contributed by atoms with Gasteiger partial charge >= 0.3 is 5.97 Å². The Kier molecular flexibility index (Phi) is 6.02. The second kappa shape index (κ2) is 5.65. The van der Waals surface area contributed by atoms with Crippen molar-refractivity contribution in [2.75, 3.05) is 5.94 Å². The highest BCUT2D eigenvalue weighted by Gasteiger charge is 1.89. The highest BCUT2D eigenvalue weighted by Crippen LogP contribution is 2.24. The van der Waals surface area contributed by atoms with Gasteiger partial charge in [0, 0.05) is 6.92 Å². The van der Waals surface area contributed by atoms with Gasteiger partial charge in [0.2, 0.25) is 0 Å². The molecule has 48 valence electrons. The number of rotatable bonds is 3. The molecule has 0 spiro atoms. The number of hydrogen-bond acceptors (Lipinski definition) is 5. The van der Waals surface area contributed by atoms with E-state index in [0.717, 1.165) is 0 Å². The summed E-state index contributed by atoms with van der Waals surface area (Å²) >= 11 is 3.81. The third kappa shape index (κ3) is 6.52. The van der Waals surface area contributed by atoms with Gasteiger partial charge in [-0.2, -0.15) is 0 Å². The lowest BCUT2D eigenvalue weighted by atomic mass is 10.8. The van der Waals surface area contributed by atoms with Crippen molar-refractivity contribution in [1.29, 1.82) is 0 Å². The summed E-state index contributed by atoms with van der Waals surface area (Å²) in [6, 6.07) is 0. The van der Waals surface area contributed by atoms with E-state index in [4.69, 9.17) is 0 Å². The van der Waals surface area contributed by atoms with Crippen molar-refractivity contribution in [2.45, 2.75) is 6.92 Å². The molecule has 0 saturated carbocycles. The average Bonchev–Trinajstić information content (AvgIpc) is 1.66. The largest absolute Gasteiger partial charge is 0.454 e. The Bertz CT molecular complexity index is 74.9. The Balaban J connectivity index is 2.82. The highest BCUT2D eigenvalue weighted by molar-refractivity contribution is 9.05. The normalized spacial score (nSPS) is 8.75. The summed E-state index contributed by atoms with van der Waals surface area (Å²) in [5.41, 5.74) is 0. The topological polar surface area (TPSA) is 26.3 Å². The van der Waals surface area contributed by atoms with E-state index in [1.165, 1.54) is 27.5 Å². The molecular formula is C3H6O2S3. The van der Waals surface area contributed by atoms with Crippen LogP contribution in [-0.4, -0.2) is 11.9 Å². The summed E-state index contributed by atoms with van der Waals surface area (Å²) in [7, 11) is 2.65. The molecule has 0 aromatic heterocycles. The molecule has 0 radical (unpaired) electrons. The Morgan fingerprint density at radius 2 is 2.50 bits per heavy atom. The summed E-state index contributed by atoms with van der Waals surface area (Å²) in [6.45, 7) is 1.38. The van der Waals surface area contributed by atoms with E-state index in [2.05, 4.69) is 16.4 Å². The standard InChI is InChI=1S/C3H6O2S3/c1-3(4)5-2-7-8-6/h6H,2H2,1H3. The van der Waals surface area contributed by atoms with Crippen molar-refractivity contribution in [3.05, 3.63) is 0 Å². The van der Waals surface area contributed by atoms with Crippen molar-refractivity contribution >= 4 is 38.2 Å². The molecular weight excluding hydrogens is 164 g/mol. The summed E-state index contributed by atoms with van der Waals surface area (Å²) < 4.78 is 4.54. The molecule has 0 amide bonds. The Labute approximate surface area is 60.9 Å². The SMILES string of the molecule is CC(=O)OCSSS. The van der Waals surface area contributed by atoms with Crippen LogP contribution in [0.25, 0.3) is 0 Å². The van der Waals surface area contributed by atoms with E-state index in [1.807, 2.05) is 0 Å². The van der Waals surface area contributed by atoms with Gasteiger partial charge in [0.15, 0.2) is 0 Å². The van der Waals surface area contributed by atoms with Crippen molar-refractivity contribution in [3.63, 3.8) is 0 Å². The first-order valence-electron chi connectivity index (χ1n) is 1.83. The molecule has 0 atom stereocenters. The second-order valence-corrected chi connectivity index (χ2v) is 4.06. The Morgan fingerprint density at radius 3 is 2.88 bits per heavy atom. The molecule has 0 aliphatic carbocycles. The smallest absolute Gasteiger partial charge is 0.303 e. The van der Waals surface area contributed by atoms with E-state index in [1.54, 1.807) is 0 Å². The van der Waals surface area contributed by atoms with Crippen LogP contribution in [0, 0.1) is 0 Å². The van der Waals surface area contributed by atoms with Gasteiger partial charge in [-0.1, -0.05) is 11.7 Å². The minimum Gasteiger partial charge on any atom is -0.454 e. The molecule has 0 bridgehead atoms. The van der Waals surface area contributed by atoms with Crippen LogP contribution < -0.4 is 0 Å². The third-order valence-corrected chi connectivity index (χ3v) is 2.24. The maximum Gasteiger partial charge on any atom is 0.303 e. The minimum absolute atomic E-state index is 0.250. The molecule has 5 heteroatoms. The van der Waals surface area contributed by atoms with Gasteiger partial charge in [-0.05, 0) is 20.6 Å². The molecule has 0 saturated heterocycles. The molecule has 0 aliphatic heterocycles. The zero-order valence-corrected chi connectivity index (χ0v) is 6.81. The van der Waals surface area contributed by atoms with Gasteiger partial charge in [0.1, 0.15) is 5.94 Å². The molecule has 2 nitrogen and oxygen atoms in total. The van der Waals surface area contributed by atoms with Crippen molar-refractivity contribution < 1.29 is 9.53 Å². The summed E-state index contributed by atoms with van der Waals surface area (Å²) in [5.74, 6) is 0.128. The minimum atomic E-state index is -0.250. The van der Waals surface area contributed by atoms with Crippen LogP contribution in [0.4, 0.5) is 0 Å². The monoisotopic (exact) mass is 170 g/mol. The van der Waals surface area contributed by atoms with Crippen LogP contribution in [0.2, 0.25) is 0 Å². The maximum atomic E-state index is 10.0. The van der Waals surface area contributed by atoms with Crippen LogP contribution in [0.15, 0.2) is 0 Å². The molecule has 0 aromatic rings. The Morgan fingerprint density at radius 1 is 1.88 bits per heavy atom. The average molecular weight is 170 g/mol. The predicted molar refractivity (Wildman–Crippen MR) is 40.8 cm³/mol. The molecule has 0 aromatic carbocycles. The molecule has 0 fully saturated rings. The van der Waals surface area contributed by atoms with Gasteiger partial charge in [-0.25, -0.2) is 0 Å². The van der Waals surface area contributed by atoms with E-state index < -0.39 is 0 Å². The van der Waals surface area contributed by atoms with Crippen LogP contribution in [-0.2, 0) is 9.53 Å². The summed E-state index contributed by atoms with van der Waals surface area (Å²) in [4.78, 5) is 10.0. The van der Waals surface area contributed by atoms with Crippen LogP contribution >= 0.6 is 32.3 Å². The molecule has 0 rings (SSSR count). The molecule has 0 aliphatic rings. The van der Waals surface area contributed by atoms with E-state index in [9.17, 15) is 4.79 Å². The van der Waals surface area contributed by atoms with Gasteiger partial charge in [-0.3, -0.25) is 4.79 Å². The number of carbonyl (C=O) groups excluding carboxylic acids is 1. The third-order valence-electron chi connectivity index (χ3n) is 0.363. The molecule has 0 N–H and O–H groups in total. The van der Waals surface area contributed by atoms with E-state index >= 15 is 0 Å². The zero-order chi connectivity index (χ0) is 6.41. The fraction of sp³-hybridized carbons (Fsp3) is 0.667. The fourth-order valence-corrected chi connectivity index (χ4v) is 1.05. The van der Waals surface area contributed by atoms with Gasteiger partial charge < -0.3 is 4.74 Å². The number of hydrogen-bond donors (Lipinski definition) is 1. The van der Waals surface area contributed by atoms with Crippen molar-refractivity contribution in [2.24, 2.45) is 0 Å². The first-order chi connectivity index (χ1) is 3.77. The number of thiol groups is 1. The number of ether oxygens (including phenoxy) is 1. The van der Waals surface area contributed by atoms with Crippen molar-refractivity contribution in [1.82, 2.24) is 0 Å². The van der Waals surface area contributed by atoms with Crippen LogP contribution in [0.3, 0.4) is 0 Å². The fourth-order valence-electron chi connectivity index (χ4n) is 0.129. The summed E-state index contributed by atoms with van der Waals surface area (Å²) in [5, 5.41) is 0. The predicted octanol–water partition coefficient (Wildman–Crippen LogP) is 1.73. The molecule has 0 unspecified atom stereocenters. The second-order valence-electron chi connectivity index (χ2n) is 0.946. The van der Waals surface area contributed by atoms with Crippen LogP contribution in [0.5, 0.6) is 0 Å². The summed E-state index contributed by atoms with van der Waals surface area (Å²) in [6.07, 6.45) is 0. The van der Waals surface area contributed by atoms with Crippen LogP contribution in [0.1, 0.15) is 6.92 Å². The first kappa shape index (κ1) is 8.52. The van der Waals surface area contributed by atoms with Gasteiger partial charge in [-0.15, -0.1) is 0 Å². The highest BCUT2D eigenvalue weighted by atomic mass is 33.5. The van der Waals surface area contributed by atoms with Crippen molar-refractivity contribution in [3.8, 4) is 0 Å². The quantitative estimate of drug-likeness (QED) is 0.229. The van der Waals surface area contributed by atoms with E-state index in [0.29, 0.717) is 5.94 Å². The first-order valence-corrected chi connectivity index (χ1v) is 5.21. The van der Waals surface area contributed by atoms with Gasteiger partial charge in [0.25, 0.3) is 0 Å². The molecule has 8 heavy (non-hydrogen) atoms. The zero-order valence-electron chi connectivity index (χ0n) is 4.29. The van der Waals surface area contributed by atoms with E-state index in [-0.39, 0.29) is 5.97 Å². The Hall–Kier alpha value is 0.520. The number of carbonyl (C=O) groups is 1. The maximum absolute atomic E-state index is 10.0. The van der Waals surface area contributed by atoms with Gasteiger partial charge in [0.05, 0.1) is 0 Å².